The van der Waals surface area contributed by atoms with E-state index in [4.69, 9.17) is 4.74 Å². The van der Waals surface area contributed by atoms with Gasteiger partial charge in [0.25, 0.3) is 5.91 Å². The Balaban J connectivity index is 2.03. The lowest BCUT2D eigenvalue weighted by atomic mass is 10.1. The number of nitrogens with zero attached hydrogens (tertiary/aromatic N) is 2. The second kappa shape index (κ2) is 8.24. The summed E-state index contributed by atoms with van der Waals surface area (Å²) in [5, 5.41) is 6.04. The summed E-state index contributed by atoms with van der Waals surface area (Å²) in [5.41, 5.74) is 3.23. The normalized spacial score (nSPS) is 10.4. The molecule has 0 spiro atoms. The smallest absolute Gasteiger partial charge is 0.274 e. The van der Waals surface area contributed by atoms with Crippen LogP contribution in [0.4, 0.5) is 11.5 Å². The van der Waals surface area contributed by atoms with Gasteiger partial charge in [-0.15, -0.1) is 0 Å². The molecular weight excluding hydrogens is 292 g/mol. The van der Waals surface area contributed by atoms with Crippen LogP contribution in [-0.2, 0) is 4.74 Å². The molecule has 0 aliphatic heterocycles. The molecule has 0 atom stereocenters. The number of aromatic nitrogens is 2. The number of anilines is 2. The average molecular weight is 314 g/mol. The van der Waals surface area contributed by atoms with Crippen LogP contribution in [0.5, 0.6) is 0 Å². The molecule has 6 nitrogen and oxygen atoms in total. The highest BCUT2D eigenvalue weighted by atomic mass is 16.5. The van der Waals surface area contributed by atoms with E-state index in [9.17, 15) is 4.79 Å². The van der Waals surface area contributed by atoms with Crippen molar-refractivity contribution in [1.82, 2.24) is 9.97 Å². The molecule has 0 saturated heterocycles. The van der Waals surface area contributed by atoms with Crippen LogP contribution in [-0.4, -0.2) is 36.1 Å². The molecule has 0 bridgehead atoms. The third kappa shape index (κ3) is 5.03. The van der Waals surface area contributed by atoms with Crippen molar-refractivity contribution in [3.8, 4) is 0 Å². The van der Waals surface area contributed by atoms with E-state index in [1.165, 1.54) is 6.33 Å². The summed E-state index contributed by atoms with van der Waals surface area (Å²) in [7, 11) is 1.67. The summed E-state index contributed by atoms with van der Waals surface area (Å²) < 4.78 is 4.99. The van der Waals surface area contributed by atoms with Crippen LogP contribution in [0, 0.1) is 13.8 Å². The van der Waals surface area contributed by atoms with Crippen molar-refractivity contribution in [3.05, 3.63) is 47.4 Å². The van der Waals surface area contributed by atoms with Gasteiger partial charge in [-0.05, 0) is 37.5 Å². The molecule has 0 radical (unpaired) electrons. The predicted octanol–water partition coefficient (Wildman–Crippen LogP) is 2.79. The van der Waals surface area contributed by atoms with Crippen molar-refractivity contribution in [2.75, 3.05) is 30.9 Å². The topological polar surface area (TPSA) is 76.1 Å². The fraction of sp³-hybridized carbons (Fsp3) is 0.353. The van der Waals surface area contributed by atoms with Crippen molar-refractivity contribution in [2.24, 2.45) is 0 Å². The summed E-state index contributed by atoms with van der Waals surface area (Å²) in [6, 6.07) is 7.58. The Hall–Kier alpha value is -2.47. The molecule has 2 aromatic rings. The minimum Gasteiger partial charge on any atom is -0.385 e. The summed E-state index contributed by atoms with van der Waals surface area (Å²) >= 11 is 0. The van der Waals surface area contributed by atoms with Gasteiger partial charge in [-0.1, -0.05) is 12.1 Å². The van der Waals surface area contributed by atoms with Crippen LogP contribution < -0.4 is 10.6 Å². The van der Waals surface area contributed by atoms with Crippen LogP contribution in [0.3, 0.4) is 0 Å². The minimum atomic E-state index is -0.249. The zero-order valence-corrected chi connectivity index (χ0v) is 13.7. The van der Waals surface area contributed by atoms with Gasteiger partial charge in [0.2, 0.25) is 0 Å². The van der Waals surface area contributed by atoms with Crippen molar-refractivity contribution >= 4 is 17.4 Å². The average Bonchev–Trinajstić information content (AvgIpc) is 2.55. The fourth-order valence-corrected chi connectivity index (χ4v) is 2.07. The lowest BCUT2D eigenvalue weighted by molar-refractivity contribution is 0.102. The van der Waals surface area contributed by atoms with E-state index in [0.29, 0.717) is 18.1 Å². The van der Waals surface area contributed by atoms with Gasteiger partial charge in [-0.3, -0.25) is 4.79 Å². The first-order valence-corrected chi connectivity index (χ1v) is 7.53. The van der Waals surface area contributed by atoms with Crippen LogP contribution in [0.2, 0.25) is 0 Å². The summed E-state index contributed by atoms with van der Waals surface area (Å²) in [6.07, 6.45) is 2.25. The third-order valence-corrected chi connectivity index (χ3v) is 3.37. The zero-order chi connectivity index (χ0) is 16.7. The summed E-state index contributed by atoms with van der Waals surface area (Å²) in [4.78, 5) is 20.5. The van der Waals surface area contributed by atoms with Crippen LogP contribution in [0.1, 0.15) is 28.0 Å². The minimum absolute atomic E-state index is 0.249. The van der Waals surface area contributed by atoms with Crippen molar-refractivity contribution in [1.29, 1.82) is 0 Å². The van der Waals surface area contributed by atoms with Crippen LogP contribution in [0.25, 0.3) is 0 Å². The maximum absolute atomic E-state index is 12.4. The molecule has 0 aliphatic carbocycles. The Bertz CT molecular complexity index is 673. The number of amides is 1. The molecule has 23 heavy (non-hydrogen) atoms. The molecule has 2 rings (SSSR count). The van der Waals surface area contributed by atoms with Gasteiger partial charge in [0.15, 0.2) is 0 Å². The Kier molecular flexibility index (Phi) is 6.05. The van der Waals surface area contributed by atoms with Crippen LogP contribution >= 0.6 is 0 Å². The van der Waals surface area contributed by atoms with E-state index >= 15 is 0 Å². The van der Waals surface area contributed by atoms with E-state index in [1.807, 2.05) is 32.0 Å². The largest absolute Gasteiger partial charge is 0.385 e. The summed E-state index contributed by atoms with van der Waals surface area (Å²) in [5.74, 6) is 0.378. The number of carbonyl (C=O) groups is 1. The van der Waals surface area contributed by atoms with Gasteiger partial charge in [0.05, 0.1) is 0 Å². The monoisotopic (exact) mass is 314 g/mol. The highest BCUT2D eigenvalue weighted by Crippen LogP contribution is 2.17. The Labute approximate surface area is 136 Å². The van der Waals surface area contributed by atoms with Gasteiger partial charge in [-0.2, -0.15) is 0 Å². The first kappa shape index (κ1) is 16.9. The Morgan fingerprint density at radius 1 is 1.22 bits per heavy atom. The highest BCUT2D eigenvalue weighted by molar-refractivity contribution is 6.03. The predicted molar refractivity (Wildman–Crippen MR) is 90.9 cm³/mol. The quantitative estimate of drug-likeness (QED) is 0.769. The number of hydrogen-bond acceptors (Lipinski definition) is 5. The summed E-state index contributed by atoms with van der Waals surface area (Å²) in [6.45, 7) is 5.35. The molecule has 1 aromatic carbocycles. The van der Waals surface area contributed by atoms with Gasteiger partial charge in [-0.25, -0.2) is 9.97 Å². The second-order valence-electron chi connectivity index (χ2n) is 5.33. The fourth-order valence-electron chi connectivity index (χ4n) is 2.07. The van der Waals surface area contributed by atoms with Gasteiger partial charge >= 0.3 is 0 Å². The van der Waals surface area contributed by atoms with Crippen molar-refractivity contribution < 1.29 is 9.53 Å². The lowest BCUT2D eigenvalue weighted by Gasteiger charge is -2.10. The third-order valence-electron chi connectivity index (χ3n) is 3.37. The van der Waals surface area contributed by atoms with Crippen LogP contribution in [0.15, 0.2) is 30.6 Å². The lowest BCUT2D eigenvalue weighted by Crippen LogP contribution is -2.16. The van der Waals surface area contributed by atoms with Gasteiger partial charge in [0, 0.05) is 32.0 Å². The van der Waals surface area contributed by atoms with E-state index in [0.717, 1.165) is 29.8 Å². The number of hydrogen-bond donors (Lipinski definition) is 2. The molecule has 0 fully saturated rings. The van der Waals surface area contributed by atoms with Gasteiger partial charge in [0.1, 0.15) is 17.8 Å². The zero-order valence-electron chi connectivity index (χ0n) is 13.7. The molecule has 0 saturated carbocycles. The SMILES string of the molecule is COCCCNc1cc(C(=O)Nc2cc(C)ccc2C)ncn1. The number of nitrogens with one attached hydrogen (secondary N) is 2. The van der Waals surface area contributed by atoms with Crippen molar-refractivity contribution in [2.45, 2.75) is 20.3 Å². The highest BCUT2D eigenvalue weighted by Gasteiger charge is 2.10. The molecule has 1 heterocycles. The molecule has 122 valence electrons. The maximum Gasteiger partial charge on any atom is 0.274 e. The Morgan fingerprint density at radius 2 is 2.04 bits per heavy atom. The van der Waals surface area contributed by atoms with E-state index < -0.39 is 0 Å². The molecule has 1 aromatic heterocycles. The standard InChI is InChI=1S/C17H22N4O2/c1-12-5-6-13(2)14(9-12)21-17(22)15-10-16(20-11-19-15)18-7-4-8-23-3/h5-6,9-11H,4,7-8H2,1-3H3,(H,21,22)(H,18,19,20). The van der Waals surface area contributed by atoms with E-state index in [-0.39, 0.29) is 5.91 Å². The first-order valence-electron chi connectivity index (χ1n) is 7.53. The Morgan fingerprint density at radius 3 is 2.83 bits per heavy atom. The molecular formula is C17H22N4O2. The number of rotatable bonds is 7. The first-order chi connectivity index (χ1) is 11.1. The van der Waals surface area contributed by atoms with Crippen molar-refractivity contribution in [3.63, 3.8) is 0 Å². The number of benzene rings is 1. The number of methoxy groups -OCH3 is 1. The molecule has 2 N–H and O–H groups in total. The molecule has 0 unspecified atom stereocenters. The van der Waals surface area contributed by atoms with E-state index in [2.05, 4.69) is 20.6 Å². The molecule has 0 aliphatic rings. The van der Waals surface area contributed by atoms with Gasteiger partial charge < -0.3 is 15.4 Å². The molecule has 1 amide bonds. The van der Waals surface area contributed by atoms with E-state index in [1.54, 1.807) is 13.2 Å². The number of carbonyl (C=O) groups excluding carboxylic acids is 1. The maximum atomic E-state index is 12.4. The second-order valence-corrected chi connectivity index (χ2v) is 5.33. The number of aryl methyl sites for hydroxylation is 2. The molecule has 6 heteroatoms. The number of ether oxygens (including phenoxy) is 1.